The number of para-hydroxylation sites is 2. The number of anilines is 1. The van der Waals surface area contributed by atoms with Gasteiger partial charge in [0.1, 0.15) is 12.4 Å². The SMILES string of the molecule is O=C(Nc1nnc(COc2ccccc2)s1)c1cc(=O)[nH]c2ccccc12. The number of fused-ring (bicyclic) bond motifs is 1. The van der Waals surface area contributed by atoms with Crippen LogP contribution >= 0.6 is 11.3 Å². The van der Waals surface area contributed by atoms with Crippen molar-refractivity contribution in [3.05, 3.63) is 81.6 Å². The second kappa shape index (κ2) is 7.38. The molecule has 1 amide bonds. The Labute approximate surface area is 157 Å². The molecule has 0 saturated heterocycles. The molecule has 2 aromatic carbocycles. The number of benzene rings is 2. The summed E-state index contributed by atoms with van der Waals surface area (Å²) in [6.45, 7) is 0.255. The zero-order valence-electron chi connectivity index (χ0n) is 14.0. The first kappa shape index (κ1) is 16.9. The maximum Gasteiger partial charge on any atom is 0.258 e. The van der Waals surface area contributed by atoms with Crippen molar-refractivity contribution < 1.29 is 9.53 Å². The summed E-state index contributed by atoms with van der Waals surface area (Å²) in [5.74, 6) is 0.317. The molecule has 0 fully saturated rings. The molecule has 4 aromatic rings. The molecule has 2 aromatic heterocycles. The molecule has 0 aliphatic heterocycles. The van der Waals surface area contributed by atoms with Crippen LogP contribution in [0.15, 0.2) is 65.5 Å². The first-order valence-electron chi connectivity index (χ1n) is 8.13. The van der Waals surface area contributed by atoms with E-state index >= 15 is 0 Å². The number of rotatable bonds is 5. The van der Waals surface area contributed by atoms with Gasteiger partial charge in [-0.05, 0) is 18.2 Å². The molecule has 2 heterocycles. The second-order valence-corrected chi connectivity index (χ2v) is 6.71. The fourth-order valence-electron chi connectivity index (χ4n) is 2.58. The van der Waals surface area contributed by atoms with Crippen LogP contribution < -0.4 is 15.6 Å². The van der Waals surface area contributed by atoms with Crippen LogP contribution in [0.2, 0.25) is 0 Å². The van der Waals surface area contributed by atoms with E-state index in [1.807, 2.05) is 30.3 Å². The van der Waals surface area contributed by atoms with Crippen LogP contribution in [-0.2, 0) is 6.61 Å². The van der Waals surface area contributed by atoms with E-state index in [2.05, 4.69) is 20.5 Å². The van der Waals surface area contributed by atoms with Gasteiger partial charge in [0.25, 0.3) is 5.91 Å². The van der Waals surface area contributed by atoms with Crippen LogP contribution in [0.4, 0.5) is 5.13 Å². The normalized spacial score (nSPS) is 10.7. The number of ether oxygens (including phenoxy) is 1. The first-order chi connectivity index (χ1) is 13.2. The van der Waals surface area contributed by atoms with Crippen molar-refractivity contribution in [1.29, 1.82) is 0 Å². The number of carbonyl (C=O) groups is 1. The van der Waals surface area contributed by atoms with Crippen LogP contribution in [-0.4, -0.2) is 21.1 Å². The third kappa shape index (κ3) is 3.85. The first-order valence-corrected chi connectivity index (χ1v) is 8.94. The molecular weight excluding hydrogens is 364 g/mol. The Morgan fingerprint density at radius 2 is 1.85 bits per heavy atom. The molecule has 4 rings (SSSR count). The van der Waals surface area contributed by atoms with Gasteiger partial charge in [0.15, 0.2) is 5.01 Å². The monoisotopic (exact) mass is 378 g/mol. The Morgan fingerprint density at radius 3 is 2.70 bits per heavy atom. The highest BCUT2D eigenvalue weighted by molar-refractivity contribution is 7.15. The maximum absolute atomic E-state index is 12.6. The summed E-state index contributed by atoms with van der Waals surface area (Å²) >= 11 is 1.22. The lowest BCUT2D eigenvalue weighted by Crippen LogP contribution is -2.16. The largest absolute Gasteiger partial charge is 0.486 e. The minimum absolute atomic E-state index is 0.255. The average molecular weight is 378 g/mol. The summed E-state index contributed by atoms with van der Waals surface area (Å²) in [5.41, 5.74) is 0.545. The quantitative estimate of drug-likeness (QED) is 0.556. The highest BCUT2D eigenvalue weighted by atomic mass is 32.1. The van der Waals surface area contributed by atoms with E-state index in [0.717, 1.165) is 5.75 Å². The van der Waals surface area contributed by atoms with E-state index in [4.69, 9.17) is 4.74 Å². The summed E-state index contributed by atoms with van der Waals surface area (Å²) in [4.78, 5) is 27.1. The van der Waals surface area contributed by atoms with Gasteiger partial charge < -0.3 is 9.72 Å². The third-order valence-corrected chi connectivity index (χ3v) is 4.60. The number of hydrogen-bond donors (Lipinski definition) is 2. The second-order valence-electron chi connectivity index (χ2n) is 5.65. The Morgan fingerprint density at radius 1 is 1.07 bits per heavy atom. The molecule has 0 atom stereocenters. The number of aromatic nitrogens is 3. The molecular formula is C19H14N4O3S. The molecule has 0 unspecified atom stereocenters. The van der Waals surface area contributed by atoms with E-state index in [0.29, 0.717) is 21.0 Å². The Bertz CT molecular complexity index is 1150. The van der Waals surface area contributed by atoms with E-state index in [-0.39, 0.29) is 17.7 Å². The molecule has 0 spiro atoms. The molecule has 8 heteroatoms. The minimum Gasteiger partial charge on any atom is -0.486 e. The molecule has 0 radical (unpaired) electrons. The minimum atomic E-state index is -0.413. The number of H-pyrrole nitrogens is 1. The van der Waals surface area contributed by atoms with Gasteiger partial charge in [-0.15, -0.1) is 10.2 Å². The molecule has 0 bridgehead atoms. The van der Waals surface area contributed by atoms with Crippen molar-refractivity contribution in [2.45, 2.75) is 6.61 Å². The van der Waals surface area contributed by atoms with E-state index in [1.54, 1.807) is 24.3 Å². The summed E-state index contributed by atoms with van der Waals surface area (Å²) in [7, 11) is 0. The van der Waals surface area contributed by atoms with Crippen molar-refractivity contribution in [3.63, 3.8) is 0 Å². The summed E-state index contributed by atoms with van der Waals surface area (Å²) in [5, 5.41) is 12.3. The molecule has 2 N–H and O–H groups in total. The number of pyridine rings is 1. The number of nitrogens with one attached hydrogen (secondary N) is 2. The van der Waals surface area contributed by atoms with Crippen LogP contribution in [0.25, 0.3) is 10.9 Å². The van der Waals surface area contributed by atoms with Crippen LogP contribution in [0.5, 0.6) is 5.75 Å². The van der Waals surface area contributed by atoms with Crippen LogP contribution in [0, 0.1) is 0 Å². The fourth-order valence-corrected chi connectivity index (χ4v) is 3.23. The molecule has 0 saturated carbocycles. The molecule has 0 aliphatic rings. The Kier molecular flexibility index (Phi) is 4.63. The van der Waals surface area contributed by atoms with Crippen molar-refractivity contribution in [2.24, 2.45) is 0 Å². The van der Waals surface area contributed by atoms with E-state index in [9.17, 15) is 9.59 Å². The predicted octanol–water partition coefficient (Wildman–Crippen LogP) is 3.21. The lowest BCUT2D eigenvalue weighted by molar-refractivity contribution is 0.102. The van der Waals surface area contributed by atoms with Gasteiger partial charge in [-0.25, -0.2) is 0 Å². The smallest absolute Gasteiger partial charge is 0.258 e. The topological polar surface area (TPSA) is 97.0 Å². The summed E-state index contributed by atoms with van der Waals surface area (Å²) in [6, 6.07) is 17.8. The lowest BCUT2D eigenvalue weighted by Gasteiger charge is -2.05. The standard InChI is InChI=1S/C19H14N4O3S/c24-16-10-14(13-8-4-5-9-15(13)20-16)18(25)21-19-23-22-17(27-19)11-26-12-6-2-1-3-7-12/h1-10H,11H2,(H,20,24)(H,21,23,25). The number of aromatic amines is 1. The maximum atomic E-state index is 12.6. The van der Waals surface area contributed by atoms with Gasteiger partial charge in [-0.3, -0.25) is 14.9 Å². The molecule has 7 nitrogen and oxygen atoms in total. The fraction of sp³-hybridized carbons (Fsp3) is 0.0526. The van der Waals surface area contributed by atoms with Crippen molar-refractivity contribution >= 4 is 33.3 Å². The number of hydrogen-bond acceptors (Lipinski definition) is 6. The van der Waals surface area contributed by atoms with Gasteiger partial charge in [-0.1, -0.05) is 47.7 Å². The van der Waals surface area contributed by atoms with E-state index in [1.165, 1.54) is 17.4 Å². The number of carbonyl (C=O) groups excluding carboxylic acids is 1. The predicted molar refractivity (Wildman–Crippen MR) is 103 cm³/mol. The van der Waals surface area contributed by atoms with Crippen molar-refractivity contribution in [3.8, 4) is 5.75 Å². The molecule has 27 heavy (non-hydrogen) atoms. The lowest BCUT2D eigenvalue weighted by atomic mass is 10.1. The average Bonchev–Trinajstić information content (AvgIpc) is 3.13. The van der Waals surface area contributed by atoms with Crippen molar-refractivity contribution in [1.82, 2.24) is 15.2 Å². The molecule has 0 aliphatic carbocycles. The van der Waals surface area contributed by atoms with Gasteiger partial charge in [0.05, 0.1) is 5.56 Å². The Hall–Kier alpha value is -3.52. The molecule has 134 valence electrons. The van der Waals surface area contributed by atoms with Crippen LogP contribution in [0.3, 0.4) is 0 Å². The highest BCUT2D eigenvalue weighted by Crippen LogP contribution is 2.20. The van der Waals surface area contributed by atoms with E-state index < -0.39 is 5.91 Å². The van der Waals surface area contributed by atoms with Gasteiger partial charge in [0, 0.05) is 17.0 Å². The third-order valence-electron chi connectivity index (χ3n) is 3.79. The van der Waals surface area contributed by atoms with Gasteiger partial charge in [-0.2, -0.15) is 0 Å². The zero-order valence-corrected chi connectivity index (χ0v) is 14.8. The number of amides is 1. The zero-order chi connectivity index (χ0) is 18.6. The van der Waals surface area contributed by atoms with Gasteiger partial charge in [0.2, 0.25) is 10.7 Å². The summed E-state index contributed by atoms with van der Waals surface area (Å²) in [6.07, 6.45) is 0. The number of nitrogens with zero attached hydrogens (tertiary/aromatic N) is 2. The van der Waals surface area contributed by atoms with Crippen LogP contribution in [0.1, 0.15) is 15.4 Å². The van der Waals surface area contributed by atoms with Crippen molar-refractivity contribution in [2.75, 3.05) is 5.32 Å². The Balaban J connectivity index is 1.49. The van der Waals surface area contributed by atoms with Gasteiger partial charge >= 0.3 is 0 Å². The summed E-state index contributed by atoms with van der Waals surface area (Å²) < 4.78 is 5.62. The highest BCUT2D eigenvalue weighted by Gasteiger charge is 2.14.